The Morgan fingerprint density at radius 2 is 1.08 bits per heavy atom. The van der Waals surface area contributed by atoms with E-state index in [-0.39, 0.29) is 24.8 Å². The van der Waals surface area contributed by atoms with Gasteiger partial charge in [0.15, 0.2) is 24.8 Å². The molecule has 148 valence electrons. The average Bonchev–Trinajstić information content (AvgIpc) is 2.53. The van der Waals surface area contributed by atoms with Crippen molar-refractivity contribution in [3.8, 4) is 0 Å². The van der Waals surface area contributed by atoms with Crippen molar-refractivity contribution < 1.29 is 23.2 Å². The van der Waals surface area contributed by atoms with Gasteiger partial charge < -0.3 is 0 Å². The maximum atomic E-state index is 12.2. The molecule has 0 atom stereocenters. The van der Waals surface area contributed by atoms with Crippen LogP contribution in [0, 0.1) is 10.8 Å². The summed E-state index contributed by atoms with van der Waals surface area (Å²) in [5.41, 5.74) is 1.07. The van der Waals surface area contributed by atoms with Crippen molar-refractivity contribution in [3.63, 3.8) is 0 Å². The third kappa shape index (κ3) is 10.1. The molecule has 0 saturated carbocycles. The Morgan fingerprint density at radius 3 is 1.35 bits per heavy atom. The molecule has 0 heterocycles. The molecule has 0 rings (SSSR count). The first kappa shape index (κ1) is 24.8. The molecule has 0 aliphatic carbocycles. The maximum Gasteiger partial charge on any atom is 0.698 e. The highest BCUT2D eigenvalue weighted by atomic mass is 31.1. The number of rotatable bonds is 12. The molecule has 0 amide bonds. The van der Waals surface area contributed by atoms with Crippen LogP contribution in [0.4, 0.5) is 0 Å². The van der Waals surface area contributed by atoms with Crippen LogP contribution in [0.15, 0.2) is 23.3 Å². The first-order valence-corrected chi connectivity index (χ1v) is 9.94. The van der Waals surface area contributed by atoms with E-state index in [1.807, 2.05) is 67.5 Å². The van der Waals surface area contributed by atoms with Gasteiger partial charge in [-0.2, -0.15) is 0 Å². The van der Waals surface area contributed by atoms with Crippen molar-refractivity contribution in [3.05, 3.63) is 23.3 Å². The Morgan fingerprint density at radius 1 is 0.769 bits per heavy atom. The van der Waals surface area contributed by atoms with Gasteiger partial charge in [0.25, 0.3) is 0 Å². The van der Waals surface area contributed by atoms with Crippen LogP contribution in [0.1, 0.15) is 68.2 Å². The largest absolute Gasteiger partial charge is 0.698 e. The minimum Gasteiger partial charge on any atom is -0.296 e. The van der Waals surface area contributed by atoms with Gasteiger partial charge in [-0.1, -0.05) is 51.0 Å². The normalized spacial score (nSPS) is 11.7. The number of allylic oxidation sites excluding steroid dienone is 4. The molecule has 0 aromatic carbocycles. The van der Waals surface area contributed by atoms with E-state index in [1.165, 1.54) is 0 Å². The molecule has 0 aromatic heterocycles. The second-order valence-corrected chi connectivity index (χ2v) is 9.32. The summed E-state index contributed by atoms with van der Waals surface area (Å²) in [4.78, 5) is 24.4. The van der Waals surface area contributed by atoms with Crippen LogP contribution in [-0.4, -0.2) is 24.8 Å². The zero-order chi connectivity index (χ0) is 20.5. The predicted octanol–water partition coefficient (Wildman–Crippen LogP) is 5.58. The quantitative estimate of drug-likeness (QED) is 0.324. The molecule has 26 heavy (non-hydrogen) atoms. The van der Waals surface area contributed by atoms with Gasteiger partial charge in [-0.15, -0.1) is 9.05 Å². The van der Waals surface area contributed by atoms with Gasteiger partial charge in [-0.25, -0.2) is 0 Å². The van der Waals surface area contributed by atoms with Crippen LogP contribution in [0.3, 0.4) is 0 Å². The second-order valence-electron chi connectivity index (χ2n) is 8.36. The molecule has 5 nitrogen and oxygen atoms in total. The van der Waals surface area contributed by atoms with E-state index in [1.54, 1.807) is 0 Å². The van der Waals surface area contributed by atoms with Crippen LogP contribution >= 0.6 is 8.25 Å². The fourth-order valence-electron chi connectivity index (χ4n) is 1.80. The number of hydrogen-bond donors (Lipinski definition) is 0. The third-order valence-corrected chi connectivity index (χ3v) is 4.83. The maximum absolute atomic E-state index is 12.2. The lowest BCUT2D eigenvalue weighted by Gasteiger charge is -2.20. The molecule has 0 spiro atoms. The Labute approximate surface area is 159 Å². The van der Waals surface area contributed by atoms with E-state index in [0.717, 1.165) is 11.1 Å². The third-order valence-electron chi connectivity index (χ3n) is 4.15. The summed E-state index contributed by atoms with van der Waals surface area (Å²) in [5, 5.41) is 0. The zero-order valence-electron chi connectivity index (χ0n) is 17.5. The second kappa shape index (κ2) is 10.9. The summed E-state index contributed by atoms with van der Waals surface area (Å²) in [6.45, 7) is 14.6. The molecular weight excluding hydrogens is 351 g/mol. The fourth-order valence-corrected chi connectivity index (χ4v) is 2.32. The molecule has 0 saturated heterocycles. The minimum absolute atomic E-state index is 0.155. The minimum atomic E-state index is -2.51. The Bertz CT molecular complexity index is 527. The molecule has 0 aromatic rings. The number of hydrogen-bond acceptors (Lipinski definition) is 5. The molecule has 0 bridgehead atoms. The standard InChI is InChI=1S/C20H34O5P/c1-15(2)9-11-19(5,6)17(21)13-24-26(23)25-14-18(22)20(7,8)12-10-16(3)4/h9-10H,11-14H2,1-8H3/q+1. The lowest BCUT2D eigenvalue weighted by atomic mass is 9.84. The highest BCUT2D eigenvalue weighted by Crippen LogP contribution is 2.30. The summed E-state index contributed by atoms with van der Waals surface area (Å²) in [5.74, 6) is -0.311. The topological polar surface area (TPSA) is 69.7 Å². The number of carbonyl (C=O) groups is 2. The Hall–Kier alpha value is -1.16. The average molecular weight is 385 g/mol. The Kier molecular flexibility index (Phi) is 10.4. The molecule has 0 aliphatic heterocycles. The number of carbonyl (C=O) groups excluding carboxylic acids is 2. The smallest absolute Gasteiger partial charge is 0.296 e. The number of ketones is 2. The van der Waals surface area contributed by atoms with Crippen molar-refractivity contribution in [2.24, 2.45) is 10.8 Å². The lowest BCUT2D eigenvalue weighted by Crippen LogP contribution is -2.28. The molecule has 0 fully saturated rings. The molecule has 0 N–H and O–H groups in total. The zero-order valence-corrected chi connectivity index (χ0v) is 18.4. The van der Waals surface area contributed by atoms with E-state index in [4.69, 9.17) is 9.05 Å². The van der Waals surface area contributed by atoms with Crippen molar-refractivity contribution in [2.45, 2.75) is 68.2 Å². The van der Waals surface area contributed by atoms with Gasteiger partial charge in [-0.3, -0.25) is 9.59 Å². The summed E-state index contributed by atoms with van der Waals surface area (Å²) in [6.07, 6.45) is 5.15. The predicted molar refractivity (Wildman–Crippen MR) is 105 cm³/mol. The molecule has 0 aliphatic rings. The van der Waals surface area contributed by atoms with Crippen LogP contribution in [-0.2, 0) is 23.2 Å². The monoisotopic (exact) mass is 385 g/mol. The summed E-state index contributed by atoms with van der Waals surface area (Å²) >= 11 is 0. The first-order valence-electron chi connectivity index (χ1n) is 8.84. The van der Waals surface area contributed by atoms with Crippen LogP contribution < -0.4 is 0 Å². The van der Waals surface area contributed by atoms with Crippen molar-refractivity contribution >= 4 is 19.8 Å². The van der Waals surface area contributed by atoms with E-state index in [0.29, 0.717) is 12.8 Å². The van der Waals surface area contributed by atoms with E-state index >= 15 is 0 Å². The summed E-state index contributed by atoms with van der Waals surface area (Å²) in [7, 11) is -2.51. The van der Waals surface area contributed by atoms with Crippen molar-refractivity contribution in [1.29, 1.82) is 0 Å². The highest BCUT2D eigenvalue weighted by molar-refractivity contribution is 7.33. The lowest BCUT2D eigenvalue weighted by molar-refractivity contribution is -0.129. The molecule has 0 radical (unpaired) electrons. The van der Waals surface area contributed by atoms with Gasteiger partial charge in [0.2, 0.25) is 0 Å². The Balaban J connectivity index is 4.43. The number of Topliss-reactive ketones (excluding diaryl/α,β-unsaturated/α-hetero) is 2. The van der Waals surface area contributed by atoms with Crippen LogP contribution in [0.5, 0.6) is 0 Å². The molecular formula is C20H34O5P+. The van der Waals surface area contributed by atoms with E-state index in [9.17, 15) is 14.2 Å². The van der Waals surface area contributed by atoms with Crippen molar-refractivity contribution in [1.82, 2.24) is 0 Å². The molecule has 6 heteroatoms. The van der Waals surface area contributed by atoms with E-state index in [2.05, 4.69) is 0 Å². The van der Waals surface area contributed by atoms with Crippen molar-refractivity contribution in [2.75, 3.05) is 13.2 Å². The van der Waals surface area contributed by atoms with Gasteiger partial charge in [0.05, 0.1) is 0 Å². The first-order chi connectivity index (χ1) is 11.8. The summed E-state index contributed by atoms with van der Waals surface area (Å²) < 4.78 is 21.8. The van der Waals surface area contributed by atoms with Gasteiger partial charge in [0.1, 0.15) is 0 Å². The molecule has 0 unspecified atom stereocenters. The van der Waals surface area contributed by atoms with Gasteiger partial charge >= 0.3 is 8.25 Å². The van der Waals surface area contributed by atoms with Gasteiger partial charge in [-0.05, 0) is 40.5 Å². The van der Waals surface area contributed by atoms with Crippen LogP contribution in [0.25, 0.3) is 0 Å². The van der Waals surface area contributed by atoms with Gasteiger partial charge in [0, 0.05) is 15.4 Å². The highest BCUT2D eigenvalue weighted by Gasteiger charge is 2.33. The van der Waals surface area contributed by atoms with E-state index < -0.39 is 19.1 Å². The summed E-state index contributed by atoms with van der Waals surface area (Å²) in [6, 6.07) is 0. The van der Waals surface area contributed by atoms with Crippen LogP contribution in [0.2, 0.25) is 0 Å². The fraction of sp³-hybridized carbons (Fsp3) is 0.700. The SMILES string of the molecule is CC(C)=CCC(C)(C)C(=O)CO[P+](=O)OCC(=O)C(C)(C)CC=C(C)C.